The summed E-state index contributed by atoms with van der Waals surface area (Å²) in [6, 6.07) is 13.2. The highest BCUT2D eigenvalue weighted by Crippen LogP contribution is 2.33. The minimum Gasteiger partial charge on any atom is -0.364 e. The number of benzene rings is 1. The molecule has 0 amide bonds. The van der Waals surface area contributed by atoms with Crippen molar-refractivity contribution in [2.24, 2.45) is 0 Å². The van der Waals surface area contributed by atoms with E-state index in [0.29, 0.717) is 0 Å². The fourth-order valence-electron chi connectivity index (χ4n) is 2.74. The number of hydrogen-bond acceptors (Lipinski definition) is 0. The highest BCUT2D eigenvalue weighted by atomic mass is 28.3. The third kappa shape index (κ3) is 1.60. The lowest BCUT2D eigenvalue weighted by Crippen LogP contribution is -2.42. The molecule has 0 atom stereocenters. The maximum Gasteiger partial charge on any atom is 0.112 e. The van der Waals surface area contributed by atoms with Crippen LogP contribution in [-0.4, -0.2) is 13.1 Å². The van der Waals surface area contributed by atoms with E-state index in [-0.39, 0.29) is 0 Å². The molecule has 0 bridgehead atoms. The number of fused-ring (bicyclic) bond motifs is 1. The van der Waals surface area contributed by atoms with Crippen LogP contribution in [0.3, 0.4) is 0 Å². The van der Waals surface area contributed by atoms with Crippen LogP contribution >= 0.6 is 0 Å². The zero-order chi connectivity index (χ0) is 11.9. The first kappa shape index (κ1) is 10.6. The molecular formula is C15H17NSi. The van der Waals surface area contributed by atoms with Crippen LogP contribution < -0.4 is 5.19 Å². The lowest BCUT2D eigenvalue weighted by Gasteiger charge is -2.25. The van der Waals surface area contributed by atoms with Crippen molar-refractivity contribution in [2.45, 2.75) is 19.5 Å². The molecule has 3 rings (SSSR count). The highest BCUT2D eigenvalue weighted by molar-refractivity contribution is 7.04. The maximum atomic E-state index is 3.34. The minimum absolute atomic E-state index is 1.07. The molecule has 2 heteroatoms. The van der Waals surface area contributed by atoms with Crippen molar-refractivity contribution in [3.63, 3.8) is 0 Å². The van der Waals surface area contributed by atoms with Crippen LogP contribution in [0.25, 0.3) is 5.20 Å². The Morgan fingerprint density at radius 2 is 1.82 bits per heavy atom. The number of allylic oxidation sites excluding steroid dienone is 1. The molecule has 1 aliphatic carbocycles. The Morgan fingerprint density at radius 1 is 1.06 bits per heavy atom. The summed E-state index contributed by atoms with van der Waals surface area (Å²) in [7, 11) is -1.52. The third-order valence-electron chi connectivity index (χ3n) is 3.80. The summed E-state index contributed by atoms with van der Waals surface area (Å²) in [5, 5.41) is 3.10. The van der Waals surface area contributed by atoms with E-state index in [9.17, 15) is 0 Å². The Balaban J connectivity index is 2.06. The van der Waals surface area contributed by atoms with Gasteiger partial charge in [-0.3, -0.25) is 0 Å². The predicted molar refractivity (Wildman–Crippen MR) is 76.0 cm³/mol. The van der Waals surface area contributed by atoms with Crippen LogP contribution in [-0.2, 0) is 6.42 Å². The van der Waals surface area contributed by atoms with Gasteiger partial charge in [0.15, 0.2) is 0 Å². The monoisotopic (exact) mass is 239 g/mol. The number of hydrogen-bond donors (Lipinski definition) is 1. The Labute approximate surface area is 103 Å². The van der Waals surface area contributed by atoms with Gasteiger partial charge in [-0.25, -0.2) is 0 Å². The smallest absolute Gasteiger partial charge is 0.112 e. The molecule has 1 N–H and O–H groups in total. The summed E-state index contributed by atoms with van der Waals surface area (Å²) in [6.07, 6.45) is 5.55. The number of rotatable bonds is 2. The first-order valence-corrected chi connectivity index (χ1v) is 9.12. The van der Waals surface area contributed by atoms with E-state index in [1.54, 1.807) is 5.20 Å². The largest absolute Gasteiger partial charge is 0.364 e. The van der Waals surface area contributed by atoms with Gasteiger partial charge in [-0.1, -0.05) is 54.7 Å². The van der Waals surface area contributed by atoms with Crippen LogP contribution in [0.5, 0.6) is 0 Å². The van der Waals surface area contributed by atoms with Crippen molar-refractivity contribution in [3.05, 3.63) is 59.9 Å². The molecule has 0 unspecified atom stereocenters. The van der Waals surface area contributed by atoms with Crippen molar-refractivity contribution in [3.8, 4) is 0 Å². The first-order chi connectivity index (χ1) is 8.19. The summed E-state index contributed by atoms with van der Waals surface area (Å²) in [4.78, 5) is 3.34. The SMILES string of the molecule is C[Si](C)(C1=CCc2[nH]ccc21)c1ccccc1. The molecule has 2 aromatic rings. The van der Waals surface area contributed by atoms with Crippen LogP contribution in [0.4, 0.5) is 0 Å². The molecule has 17 heavy (non-hydrogen) atoms. The van der Waals surface area contributed by atoms with Crippen molar-refractivity contribution in [1.82, 2.24) is 4.98 Å². The maximum absolute atomic E-state index is 3.34. The molecule has 1 aromatic carbocycles. The van der Waals surface area contributed by atoms with E-state index < -0.39 is 8.07 Å². The van der Waals surface area contributed by atoms with Gasteiger partial charge in [-0.15, -0.1) is 0 Å². The van der Waals surface area contributed by atoms with Crippen molar-refractivity contribution in [2.75, 3.05) is 0 Å². The Bertz CT molecular complexity index is 564. The van der Waals surface area contributed by atoms with Gasteiger partial charge in [-0.05, 0) is 16.8 Å². The normalized spacial score (nSPS) is 14.6. The molecule has 0 aliphatic heterocycles. The van der Waals surface area contributed by atoms with Gasteiger partial charge in [0, 0.05) is 18.3 Å². The first-order valence-electron chi connectivity index (χ1n) is 6.12. The third-order valence-corrected chi connectivity index (χ3v) is 7.40. The average molecular weight is 239 g/mol. The zero-order valence-electron chi connectivity index (χ0n) is 10.3. The average Bonchev–Trinajstić information content (AvgIpc) is 2.91. The zero-order valence-corrected chi connectivity index (χ0v) is 11.3. The van der Waals surface area contributed by atoms with Gasteiger partial charge in [0.1, 0.15) is 8.07 Å². The van der Waals surface area contributed by atoms with Crippen LogP contribution in [0, 0.1) is 0 Å². The molecule has 1 nitrogen and oxygen atoms in total. The molecule has 0 radical (unpaired) electrons. The second kappa shape index (κ2) is 3.74. The Morgan fingerprint density at radius 3 is 2.59 bits per heavy atom. The number of aromatic nitrogens is 1. The van der Waals surface area contributed by atoms with E-state index in [4.69, 9.17) is 0 Å². The summed E-state index contributed by atoms with van der Waals surface area (Å²) in [5.74, 6) is 0. The molecule has 0 saturated carbocycles. The van der Waals surface area contributed by atoms with Gasteiger partial charge in [0.25, 0.3) is 0 Å². The quantitative estimate of drug-likeness (QED) is 0.775. The fourth-order valence-corrected chi connectivity index (χ4v) is 5.60. The number of nitrogens with one attached hydrogen (secondary N) is 1. The van der Waals surface area contributed by atoms with Crippen molar-refractivity contribution < 1.29 is 0 Å². The summed E-state index contributed by atoms with van der Waals surface area (Å²) < 4.78 is 0. The van der Waals surface area contributed by atoms with Crippen LogP contribution in [0.2, 0.25) is 13.1 Å². The lowest BCUT2D eigenvalue weighted by molar-refractivity contribution is 1.17. The Hall–Kier alpha value is -1.54. The minimum atomic E-state index is -1.52. The molecule has 1 aromatic heterocycles. The van der Waals surface area contributed by atoms with Gasteiger partial charge in [-0.2, -0.15) is 0 Å². The molecule has 0 spiro atoms. The van der Waals surface area contributed by atoms with Crippen LogP contribution in [0.15, 0.2) is 48.7 Å². The molecule has 0 saturated heterocycles. The second-order valence-electron chi connectivity index (χ2n) is 5.18. The van der Waals surface area contributed by atoms with E-state index in [0.717, 1.165) is 6.42 Å². The molecule has 0 fully saturated rings. The predicted octanol–water partition coefficient (Wildman–Crippen LogP) is 3.11. The van der Waals surface area contributed by atoms with E-state index in [2.05, 4.69) is 66.7 Å². The van der Waals surface area contributed by atoms with Gasteiger partial charge >= 0.3 is 0 Å². The summed E-state index contributed by atoms with van der Waals surface area (Å²) in [6.45, 7) is 4.88. The molecule has 86 valence electrons. The molecule has 1 aliphatic rings. The second-order valence-corrected chi connectivity index (χ2v) is 9.55. The van der Waals surface area contributed by atoms with E-state index >= 15 is 0 Å². The van der Waals surface area contributed by atoms with Gasteiger partial charge in [0.05, 0.1) is 0 Å². The van der Waals surface area contributed by atoms with Crippen molar-refractivity contribution >= 4 is 18.5 Å². The van der Waals surface area contributed by atoms with E-state index in [1.807, 2.05) is 0 Å². The molecular weight excluding hydrogens is 222 g/mol. The fraction of sp³-hybridized carbons (Fsp3) is 0.200. The van der Waals surface area contributed by atoms with Crippen molar-refractivity contribution in [1.29, 1.82) is 0 Å². The topological polar surface area (TPSA) is 15.8 Å². The summed E-state index contributed by atoms with van der Waals surface area (Å²) >= 11 is 0. The Kier molecular flexibility index (Phi) is 2.33. The summed E-state index contributed by atoms with van der Waals surface area (Å²) in [5.41, 5.74) is 2.84. The standard InChI is InChI=1S/C15H17NSi/c1-17(2,12-6-4-3-5-7-12)15-9-8-14-13(15)10-11-16-14/h3-7,9-11,16H,8H2,1-2H3. The number of aromatic amines is 1. The highest BCUT2D eigenvalue weighted by Gasteiger charge is 2.32. The van der Waals surface area contributed by atoms with Crippen LogP contribution in [0.1, 0.15) is 11.3 Å². The van der Waals surface area contributed by atoms with E-state index in [1.165, 1.54) is 16.4 Å². The van der Waals surface area contributed by atoms with Gasteiger partial charge in [0.2, 0.25) is 0 Å². The number of H-pyrrole nitrogens is 1. The lowest BCUT2D eigenvalue weighted by atomic mass is 10.3. The molecule has 1 heterocycles. The van der Waals surface area contributed by atoms with Gasteiger partial charge < -0.3 is 4.98 Å².